The molecule has 6 nitrogen and oxygen atoms in total. The zero-order valence-electron chi connectivity index (χ0n) is 18.4. The Kier molecular flexibility index (Phi) is 6.17. The highest BCUT2D eigenvalue weighted by Crippen LogP contribution is 2.37. The maximum atomic E-state index is 13.3. The van der Waals surface area contributed by atoms with Crippen molar-refractivity contribution < 1.29 is 4.79 Å². The fourth-order valence-corrected chi connectivity index (χ4v) is 5.20. The standard InChI is InChI=1S/C26H26ClN5O/c27-21-9-8-20-2-1-3-25(23(20)12-21)32-11-10-24(26(32)33)30-15-22-14-29-17-31(22)16-19-6-4-18(13-28)5-7-19/h4-9,12,14,17,24-25,30H,1-3,10-11,15-16H2. The molecule has 2 heterocycles. The van der Waals surface area contributed by atoms with E-state index in [1.165, 1.54) is 11.1 Å². The van der Waals surface area contributed by atoms with Crippen LogP contribution in [0.5, 0.6) is 0 Å². The summed E-state index contributed by atoms with van der Waals surface area (Å²) in [5.74, 6) is 0.172. The average molecular weight is 460 g/mol. The van der Waals surface area contributed by atoms with E-state index in [1.807, 2.05) is 47.5 Å². The van der Waals surface area contributed by atoms with Crippen LogP contribution in [0.15, 0.2) is 55.0 Å². The second-order valence-electron chi connectivity index (χ2n) is 8.83. The number of fused-ring (bicyclic) bond motifs is 1. The van der Waals surface area contributed by atoms with Gasteiger partial charge in [0, 0.05) is 30.9 Å². The number of nitrogens with zero attached hydrogens (tertiary/aromatic N) is 4. The molecule has 2 aliphatic rings. The molecule has 2 unspecified atom stereocenters. The van der Waals surface area contributed by atoms with Gasteiger partial charge in [-0.2, -0.15) is 5.26 Å². The van der Waals surface area contributed by atoms with Gasteiger partial charge in [-0.3, -0.25) is 4.79 Å². The first-order valence-corrected chi connectivity index (χ1v) is 11.8. The molecule has 1 saturated heterocycles. The van der Waals surface area contributed by atoms with Crippen molar-refractivity contribution in [3.8, 4) is 6.07 Å². The Morgan fingerprint density at radius 1 is 1.18 bits per heavy atom. The summed E-state index contributed by atoms with van der Waals surface area (Å²) in [5, 5.41) is 13.2. The third kappa shape index (κ3) is 4.52. The smallest absolute Gasteiger partial charge is 0.240 e. The number of nitrogens with one attached hydrogen (secondary N) is 1. The minimum absolute atomic E-state index is 0.119. The van der Waals surface area contributed by atoms with Gasteiger partial charge in [-0.05, 0) is 66.6 Å². The van der Waals surface area contributed by atoms with E-state index < -0.39 is 0 Å². The number of carbonyl (C=O) groups excluding carboxylic acids is 1. The number of likely N-dealkylation sites (tertiary alicyclic amines) is 1. The average Bonchev–Trinajstić information content (AvgIpc) is 3.43. The molecule has 1 aliphatic heterocycles. The van der Waals surface area contributed by atoms with E-state index in [2.05, 4.69) is 27.0 Å². The summed E-state index contributed by atoms with van der Waals surface area (Å²) in [6.45, 7) is 2.01. The van der Waals surface area contributed by atoms with Gasteiger partial charge in [-0.25, -0.2) is 4.98 Å². The lowest BCUT2D eigenvalue weighted by atomic mass is 9.87. The Bertz CT molecular complexity index is 1200. The molecule has 0 bridgehead atoms. The lowest BCUT2D eigenvalue weighted by Gasteiger charge is -2.33. The van der Waals surface area contributed by atoms with Crippen LogP contribution in [0.25, 0.3) is 0 Å². The first kappa shape index (κ1) is 21.7. The molecule has 1 amide bonds. The molecule has 2 atom stereocenters. The van der Waals surface area contributed by atoms with E-state index in [1.54, 1.807) is 6.33 Å². The van der Waals surface area contributed by atoms with Gasteiger partial charge in [0.1, 0.15) is 0 Å². The number of nitriles is 1. The molecule has 0 radical (unpaired) electrons. The van der Waals surface area contributed by atoms with E-state index >= 15 is 0 Å². The molecule has 33 heavy (non-hydrogen) atoms. The van der Waals surface area contributed by atoms with Gasteiger partial charge in [0.25, 0.3) is 0 Å². The predicted molar refractivity (Wildman–Crippen MR) is 127 cm³/mol. The van der Waals surface area contributed by atoms with Crippen LogP contribution < -0.4 is 5.32 Å². The SMILES string of the molecule is N#Cc1ccc(Cn2cncc2CNC2CCN(C3CCCc4ccc(Cl)cc43)C2=O)cc1. The highest BCUT2D eigenvalue weighted by Gasteiger charge is 2.37. The Labute approximate surface area is 198 Å². The second kappa shape index (κ2) is 9.38. The number of benzene rings is 2. The zero-order valence-corrected chi connectivity index (χ0v) is 19.1. The van der Waals surface area contributed by atoms with Crippen molar-refractivity contribution in [3.05, 3.63) is 88.0 Å². The Morgan fingerprint density at radius 3 is 2.85 bits per heavy atom. The van der Waals surface area contributed by atoms with Crippen molar-refractivity contribution in [2.75, 3.05) is 6.54 Å². The number of aromatic nitrogens is 2. The Morgan fingerprint density at radius 2 is 2.03 bits per heavy atom. The third-order valence-corrected chi connectivity index (χ3v) is 7.01. The number of rotatable bonds is 6. The molecule has 7 heteroatoms. The van der Waals surface area contributed by atoms with E-state index in [0.717, 1.165) is 48.5 Å². The third-order valence-electron chi connectivity index (χ3n) is 6.77. The van der Waals surface area contributed by atoms with Crippen LogP contribution in [0.1, 0.15) is 53.3 Å². The number of hydrogen-bond donors (Lipinski definition) is 1. The molecule has 5 rings (SSSR count). The molecule has 1 aromatic heterocycles. The van der Waals surface area contributed by atoms with Crippen LogP contribution >= 0.6 is 11.6 Å². The van der Waals surface area contributed by atoms with Crippen molar-refractivity contribution >= 4 is 17.5 Å². The maximum absolute atomic E-state index is 13.3. The predicted octanol–water partition coefficient (Wildman–Crippen LogP) is 4.22. The fourth-order valence-electron chi connectivity index (χ4n) is 5.02. The van der Waals surface area contributed by atoms with Gasteiger partial charge in [-0.15, -0.1) is 0 Å². The number of amides is 1. The molecule has 2 aromatic carbocycles. The number of imidazole rings is 1. The largest absolute Gasteiger partial charge is 0.334 e. The highest BCUT2D eigenvalue weighted by molar-refractivity contribution is 6.30. The zero-order chi connectivity index (χ0) is 22.8. The Balaban J connectivity index is 1.23. The first-order valence-electron chi connectivity index (χ1n) is 11.4. The molecular formula is C26H26ClN5O. The van der Waals surface area contributed by atoms with Crippen molar-refractivity contribution in [2.24, 2.45) is 0 Å². The van der Waals surface area contributed by atoms with Crippen LogP contribution in [-0.2, 0) is 24.3 Å². The van der Waals surface area contributed by atoms with Crippen LogP contribution in [0.4, 0.5) is 0 Å². The van der Waals surface area contributed by atoms with Gasteiger partial charge in [-0.1, -0.05) is 29.8 Å². The van der Waals surface area contributed by atoms with E-state index in [-0.39, 0.29) is 18.0 Å². The summed E-state index contributed by atoms with van der Waals surface area (Å²) in [6, 6.07) is 15.7. The summed E-state index contributed by atoms with van der Waals surface area (Å²) in [5.41, 5.74) is 5.31. The molecular weight excluding hydrogens is 434 g/mol. The number of aryl methyl sites for hydroxylation is 1. The minimum Gasteiger partial charge on any atom is -0.334 e. The molecule has 1 aliphatic carbocycles. The van der Waals surface area contributed by atoms with Crippen molar-refractivity contribution in [3.63, 3.8) is 0 Å². The van der Waals surface area contributed by atoms with Gasteiger partial charge in [0.15, 0.2) is 0 Å². The number of halogens is 1. The summed E-state index contributed by atoms with van der Waals surface area (Å²) < 4.78 is 2.07. The number of hydrogen-bond acceptors (Lipinski definition) is 4. The molecule has 0 saturated carbocycles. The maximum Gasteiger partial charge on any atom is 0.240 e. The normalized spacial score (nSPS) is 20.0. The molecule has 1 N–H and O–H groups in total. The summed E-state index contributed by atoms with van der Waals surface area (Å²) in [6.07, 6.45) is 7.58. The number of carbonyl (C=O) groups is 1. The monoisotopic (exact) mass is 459 g/mol. The van der Waals surface area contributed by atoms with Crippen molar-refractivity contribution in [2.45, 2.75) is 50.9 Å². The molecule has 0 spiro atoms. The van der Waals surface area contributed by atoms with E-state index in [9.17, 15) is 4.79 Å². The first-order chi connectivity index (χ1) is 16.1. The van der Waals surface area contributed by atoms with Crippen LogP contribution in [-0.4, -0.2) is 32.9 Å². The van der Waals surface area contributed by atoms with Gasteiger partial charge in [0.05, 0.1) is 35.7 Å². The minimum atomic E-state index is -0.187. The van der Waals surface area contributed by atoms with Crippen molar-refractivity contribution in [1.82, 2.24) is 19.8 Å². The topological polar surface area (TPSA) is 74.0 Å². The molecule has 168 valence electrons. The van der Waals surface area contributed by atoms with E-state index in [0.29, 0.717) is 18.7 Å². The van der Waals surface area contributed by atoms with Crippen LogP contribution in [0, 0.1) is 11.3 Å². The van der Waals surface area contributed by atoms with Gasteiger partial charge >= 0.3 is 0 Å². The fraction of sp³-hybridized carbons (Fsp3) is 0.346. The summed E-state index contributed by atoms with van der Waals surface area (Å²) in [7, 11) is 0. The highest BCUT2D eigenvalue weighted by atomic mass is 35.5. The molecule has 3 aromatic rings. The quantitative estimate of drug-likeness (QED) is 0.598. The van der Waals surface area contributed by atoms with Gasteiger partial charge in [0.2, 0.25) is 5.91 Å². The summed E-state index contributed by atoms with van der Waals surface area (Å²) in [4.78, 5) is 19.6. The van der Waals surface area contributed by atoms with Crippen molar-refractivity contribution in [1.29, 1.82) is 5.26 Å². The molecule has 1 fully saturated rings. The Hall–Kier alpha value is -3.14. The lowest BCUT2D eigenvalue weighted by Crippen LogP contribution is -2.40. The lowest BCUT2D eigenvalue weighted by molar-refractivity contribution is -0.131. The van der Waals surface area contributed by atoms with Gasteiger partial charge < -0.3 is 14.8 Å². The van der Waals surface area contributed by atoms with Crippen LogP contribution in [0.2, 0.25) is 5.02 Å². The van der Waals surface area contributed by atoms with E-state index in [4.69, 9.17) is 16.9 Å². The van der Waals surface area contributed by atoms with Crippen LogP contribution in [0.3, 0.4) is 0 Å². The second-order valence-corrected chi connectivity index (χ2v) is 9.26. The summed E-state index contributed by atoms with van der Waals surface area (Å²) >= 11 is 6.27.